The quantitative estimate of drug-likeness (QED) is 0.698. The zero-order valence-electron chi connectivity index (χ0n) is 11.4. The van der Waals surface area contributed by atoms with Crippen LogP contribution in [0.5, 0.6) is 11.5 Å². The molecule has 2 aromatic carbocycles. The smallest absolute Gasteiger partial charge is 0.162 e. The fourth-order valence-electron chi connectivity index (χ4n) is 1.62. The molecule has 0 aliphatic carbocycles. The number of benzene rings is 2. The minimum atomic E-state index is -0.926. The van der Waals surface area contributed by atoms with E-state index < -0.39 is 11.6 Å². The van der Waals surface area contributed by atoms with Gasteiger partial charge in [-0.15, -0.1) is 0 Å². The Balaban J connectivity index is 1.55. The summed E-state index contributed by atoms with van der Waals surface area (Å²) in [6, 6.07) is 12.8. The number of para-hydroxylation sites is 1. The second-order valence-electron chi connectivity index (χ2n) is 4.20. The zero-order chi connectivity index (χ0) is 14.9. The molecule has 0 amide bonds. The van der Waals surface area contributed by atoms with Crippen molar-refractivity contribution in [3.63, 3.8) is 0 Å². The van der Waals surface area contributed by atoms with Crippen LogP contribution in [-0.4, -0.2) is 26.4 Å². The van der Waals surface area contributed by atoms with Crippen LogP contribution in [0.2, 0.25) is 0 Å². The van der Waals surface area contributed by atoms with Gasteiger partial charge in [-0.1, -0.05) is 18.2 Å². The third kappa shape index (κ3) is 5.39. The first-order chi connectivity index (χ1) is 10.3. The van der Waals surface area contributed by atoms with Gasteiger partial charge in [0, 0.05) is 6.07 Å². The molecule has 3 nitrogen and oxygen atoms in total. The predicted molar refractivity (Wildman–Crippen MR) is 74.6 cm³/mol. The van der Waals surface area contributed by atoms with Crippen LogP contribution in [0.25, 0.3) is 0 Å². The Morgan fingerprint density at radius 2 is 1.33 bits per heavy atom. The van der Waals surface area contributed by atoms with E-state index in [1.807, 2.05) is 30.3 Å². The van der Waals surface area contributed by atoms with Gasteiger partial charge in [-0.3, -0.25) is 0 Å². The van der Waals surface area contributed by atoms with Crippen LogP contribution < -0.4 is 9.47 Å². The Morgan fingerprint density at radius 3 is 2.00 bits per heavy atom. The Kier molecular flexibility index (Phi) is 5.97. The van der Waals surface area contributed by atoms with Gasteiger partial charge < -0.3 is 14.2 Å². The minimum Gasteiger partial charge on any atom is -0.491 e. The summed E-state index contributed by atoms with van der Waals surface area (Å²) in [5, 5.41) is 0. The second kappa shape index (κ2) is 8.21. The monoisotopic (exact) mass is 294 g/mol. The molecular formula is C16H16F2O3. The number of hydrogen-bond acceptors (Lipinski definition) is 3. The highest BCUT2D eigenvalue weighted by molar-refractivity contribution is 5.23. The topological polar surface area (TPSA) is 27.7 Å². The molecule has 0 aliphatic rings. The molecule has 21 heavy (non-hydrogen) atoms. The SMILES string of the molecule is Fc1ccc(OCCOCCOc2ccccc2)cc1F. The Labute approximate surface area is 122 Å². The van der Waals surface area contributed by atoms with E-state index in [0.717, 1.165) is 17.9 Å². The molecule has 2 aromatic rings. The summed E-state index contributed by atoms with van der Waals surface area (Å²) >= 11 is 0. The van der Waals surface area contributed by atoms with Crippen LogP contribution in [0.15, 0.2) is 48.5 Å². The lowest BCUT2D eigenvalue weighted by Gasteiger charge is -2.08. The van der Waals surface area contributed by atoms with Crippen molar-refractivity contribution in [2.24, 2.45) is 0 Å². The molecule has 0 N–H and O–H groups in total. The lowest BCUT2D eigenvalue weighted by atomic mass is 10.3. The normalized spacial score (nSPS) is 10.4. The van der Waals surface area contributed by atoms with Crippen molar-refractivity contribution in [1.29, 1.82) is 0 Å². The van der Waals surface area contributed by atoms with Crippen molar-refractivity contribution in [3.8, 4) is 11.5 Å². The molecule has 0 saturated carbocycles. The van der Waals surface area contributed by atoms with Gasteiger partial charge in [-0.05, 0) is 24.3 Å². The molecular weight excluding hydrogens is 278 g/mol. The van der Waals surface area contributed by atoms with Gasteiger partial charge in [0.05, 0.1) is 13.2 Å². The van der Waals surface area contributed by atoms with Crippen LogP contribution in [0.1, 0.15) is 0 Å². The minimum absolute atomic E-state index is 0.260. The first-order valence-corrected chi connectivity index (χ1v) is 6.59. The molecule has 0 spiro atoms. The Morgan fingerprint density at radius 1 is 0.667 bits per heavy atom. The molecule has 0 fully saturated rings. The van der Waals surface area contributed by atoms with Crippen molar-refractivity contribution >= 4 is 0 Å². The maximum absolute atomic E-state index is 12.9. The lowest BCUT2D eigenvalue weighted by Crippen LogP contribution is -2.12. The Hall–Kier alpha value is -2.14. The van der Waals surface area contributed by atoms with E-state index in [0.29, 0.717) is 19.8 Å². The van der Waals surface area contributed by atoms with E-state index in [-0.39, 0.29) is 12.4 Å². The molecule has 0 atom stereocenters. The highest BCUT2D eigenvalue weighted by Crippen LogP contribution is 2.15. The average Bonchev–Trinajstić information content (AvgIpc) is 2.51. The van der Waals surface area contributed by atoms with Crippen molar-refractivity contribution in [2.75, 3.05) is 26.4 Å². The molecule has 0 radical (unpaired) electrons. The third-order valence-corrected chi connectivity index (χ3v) is 2.63. The van der Waals surface area contributed by atoms with Crippen molar-refractivity contribution in [1.82, 2.24) is 0 Å². The largest absolute Gasteiger partial charge is 0.491 e. The van der Waals surface area contributed by atoms with Gasteiger partial charge in [-0.2, -0.15) is 0 Å². The van der Waals surface area contributed by atoms with E-state index in [9.17, 15) is 8.78 Å². The van der Waals surface area contributed by atoms with Crippen LogP contribution >= 0.6 is 0 Å². The molecule has 0 heterocycles. The van der Waals surface area contributed by atoms with Crippen molar-refractivity contribution in [3.05, 3.63) is 60.2 Å². The summed E-state index contributed by atoms with van der Waals surface area (Å²) in [4.78, 5) is 0. The summed E-state index contributed by atoms with van der Waals surface area (Å²) in [7, 11) is 0. The number of halogens is 2. The standard InChI is InChI=1S/C16H16F2O3/c17-15-7-6-14(12-16(15)18)21-11-9-19-8-10-20-13-4-2-1-3-5-13/h1-7,12H,8-11H2. The highest BCUT2D eigenvalue weighted by Gasteiger charge is 2.02. The third-order valence-electron chi connectivity index (χ3n) is 2.63. The molecule has 5 heteroatoms. The molecule has 0 aliphatic heterocycles. The van der Waals surface area contributed by atoms with Gasteiger partial charge in [0.1, 0.15) is 24.7 Å². The van der Waals surface area contributed by atoms with Gasteiger partial charge >= 0.3 is 0 Å². The van der Waals surface area contributed by atoms with Crippen LogP contribution in [0, 0.1) is 11.6 Å². The average molecular weight is 294 g/mol. The van der Waals surface area contributed by atoms with E-state index in [1.165, 1.54) is 6.07 Å². The first kappa shape index (κ1) is 15.3. The van der Waals surface area contributed by atoms with Gasteiger partial charge in [0.25, 0.3) is 0 Å². The number of rotatable bonds is 8. The summed E-state index contributed by atoms with van der Waals surface area (Å²) < 4.78 is 41.6. The van der Waals surface area contributed by atoms with Crippen molar-refractivity contribution in [2.45, 2.75) is 0 Å². The maximum Gasteiger partial charge on any atom is 0.162 e. The van der Waals surface area contributed by atoms with E-state index in [1.54, 1.807) is 0 Å². The van der Waals surface area contributed by atoms with E-state index in [2.05, 4.69) is 0 Å². The van der Waals surface area contributed by atoms with Crippen LogP contribution in [0.4, 0.5) is 8.78 Å². The summed E-state index contributed by atoms with van der Waals surface area (Å²) in [5.41, 5.74) is 0. The summed E-state index contributed by atoms with van der Waals surface area (Å²) in [6.45, 7) is 1.47. The molecule has 0 bridgehead atoms. The van der Waals surface area contributed by atoms with Crippen LogP contribution in [0.3, 0.4) is 0 Å². The van der Waals surface area contributed by atoms with Gasteiger partial charge in [0.2, 0.25) is 0 Å². The molecule has 2 rings (SSSR count). The molecule has 0 saturated heterocycles. The molecule has 0 aromatic heterocycles. The van der Waals surface area contributed by atoms with Gasteiger partial charge in [0.15, 0.2) is 11.6 Å². The summed E-state index contributed by atoms with van der Waals surface area (Å²) in [5.74, 6) is -0.751. The maximum atomic E-state index is 12.9. The molecule has 0 unspecified atom stereocenters. The number of ether oxygens (including phenoxy) is 3. The van der Waals surface area contributed by atoms with E-state index >= 15 is 0 Å². The fourth-order valence-corrected chi connectivity index (χ4v) is 1.62. The second-order valence-corrected chi connectivity index (χ2v) is 4.20. The zero-order valence-corrected chi connectivity index (χ0v) is 11.4. The van der Waals surface area contributed by atoms with E-state index in [4.69, 9.17) is 14.2 Å². The number of hydrogen-bond donors (Lipinski definition) is 0. The first-order valence-electron chi connectivity index (χ1n) is 6.59. The highest BCUT2D eigenvalue weighted by atomic mass is 19.2. The lowest BCUT2D eigenvalue weighted by molar-refractivity contribution is 0.0763. The Bertz CT molecular complexity index is 546. The fraction of sp³-hybridized carbons (Fsp3) is 0.250. The molecule has 112 valence electrons. The van der Waals surface area contributed by atoms with Crippen LogP contribution in [-0.2, 0) is 4.74 Å². The van der Waals surface area contributed by atoms with Gasteiger partial charge in [-0.25, -0.2) is 8.78 Å². The predicted octanol–water partition coefficient (Wildman–Crippen LogP) is 3.44. The summed E-state index contributed by atoms with van der Waals surface area (Å²) in [6.07, 6.45) is 0. The van der Waals surface area contributed by atoms with Crippen molar-refractivity contribution < 1.29 is 23.0 Å².